The van der Waals surface area contributed by atoms with Crippen LogP contribution in [0.1, 0.15) is 29.5 Å². The predicted molar refractivity (Wildman–Crippen MR) is 123 cm³/mol. The second kappa shape index (κ2) is 10.4. The van der Waals surface area contributed by atoms with Crippen LogP contribution in [0.25, 0.3) is 5.57 Å². The average Bonchev–Trinajstić information content (AvgIpc) is 2.79. The molecule has 30 heavy (non-hydrogen) atoms. The lowest BCUT2D eigenvalue weighted by molar-refractivity contribution is -0.131. The molecule has 5 N–H and O–H groups in total. The number of amides is 1. The molecule has 0 atom stereocenters. The molecule has 1 aliphatic heterocycles. The molecule has 1 saturated heterocycles. The van der Waals surface area contributed by atoms with Crippen molar-refractivity contribution in [1.29, 1.82) is 10.8 Å². The van der Waals surface area contributed by atoms with Gasteiger partial charge in [0, 0.05) is 55.1 Å². The van der Waals surface area contributed by atoms with Crippen LogP contribution in [0.2, 0.25) is 0 Å². The van der Waals surface area contributed by atoms with E-state index in [9.17, 15) is 4.79 Å². The standard InChI is InChI=1S/C24H29N5O/c25-14-21-13-20(22(15-26)16-27)6-7-23(21)28-17-19-8-10-29(11-9-19)24(30)12-18-4-2-1-3-5-18/h1-7,13-16,19,25-26,28H,8-12,17,27H2/b22-16+,25-14?,26-15?. The summed E-state index contributed by atoms with van der Waals surface area (Å²) in [7, 11) is 0. The van der Waals surface area contributed by atoms with Gasteiger partial charge in [0.1, 0.15) is 0 Å². The van der Waals surface area contributed by atoms with Crippen LogP contribution in [0.5, 0.6) is 0 Å². The highest BCUT2D eigenvalue weighted by atomic mass is 16.2. The van der Waals surface area contributed by atoms with E-state index in [-0.39, 0.29) is 5.91 Å². The van der Waals surface area contributed by atoms with Gasteiger partial charge in [-0.25, -0.2) is 0 Å². The molecule has 0 spiro atoms. The fourth-order valence-electron chi connectivity index (χ4n) is 3.77. The first-order valence-electron chi connectivity index (χ1n) is 10.3. The second-order valence-electron chi connectivity index (χ2n) is 7.58. The van der Waals surface area contributed by atoms with E-state index in [1.165, 1.54) is 18.6 Å². The number of carbonyl (C=O) groups excluding carboxylic acids is 1. The topological polar surface area (TPSA) is 106 Å². The lowest BCUT2D eigenvalue weighted by Gasteiger charge is -2.32. The van der Waals surface area contributed by atoms with Crippen LogP contribution >= 0.6 is 0 Å². The Bertz CT molecular complexity index is 914. The van der Waals surface area contributed by atoms with Crippen molar-refractivity contribution in [1.82, 2.24) is 4.90 Å². The zero-order chi connectivity index (χ0) is 21.3. The molecule has 6 nitrogen and oxygen atoms in total. The lowest BCUT2D eigenvalue weighted by Crippen LogP contribution is -2.40. The average molecular weight is 404 g/mol. The van der Waals surface area contributed by atoms with E-state index < -0.39 is 0 Å². The molecule has 6 heteroatoms. The number of piperidine rings is 1. The molecular weight excluding hydrogens is 374 g/mol. The Hall–Kier alpha value is -3.41. The van der Waals surface area contributed by atoms with Crippen molar-refractivity contribution in [3.8, 4) is 0 Å². The molecule has 3 rings (SSSR count). The molecule has 0 unspecified atom stereocenters. The first-order valence-corrected chi connectivity index (χ1v) is 10.3. The lowest BCUT2D eigenvalue weighted by atomic mass is 9.95. The van der Waals surface area contributed by atoms with Crippen LogP contribution < -0.4 is 11.1 Å². The Labute approximate surface area is 177 Å². The summed E-state index contributed by atoms with van der Waals surface area (Å²) in [6, 6.07) is 15.6. The van der Waals surface area contributed by atoms with Gasteiger partial charge in [0.2, 0.25) is 5.91 Å². The quantitative estimate of drug-likeness (QED) is 0.507. The third-order valence-corrected chi connectivity index (χ3v) is 5.62. The second-order valence-corrected chi connectivity index (χ2v) is 7.58. The van der Waals surface area contributed by atoms with E-state index >= 15 is 0 Å². The summed E-state index contributed by atoms with van der Waals surface area (Å²) >= 11 is 0. The molecule has 1 fully saturated rings. The largest absolute Gasteiger partial charge is 0.404 e. The molecule has 2 aromatic carbocycles. The monoisotopic (exact) mass is 403 g/mol. The number of nitrogens with zero attached hydrogens (tertiary/aromatic N) is 1. The molecule has 0 radical (unpaired) electrons. The molecule has 0 aromatic heterocycles. The van der Waals surface area contributed by atoms with Crippen LogP contribution in [0.3, 0.4) is 0 Å². The Morgan fingerprint density at radius 1 is 1.13 bits per heavy atom. The van der Waals surface area contributed by atoms with Crippen molar-refractivity contribution in [2.75, 3.05) is 25.0 Å². The molecule has 1 amide bonds. The summed E-state index contributed by atoms with van der Waals surface area (Å²) in [5.74, 6) is 0.689. The first kappa shape index (κ1) is 21.3. The van der Waals surface area contributed by atoms with Gasteiger partial charge in [-0.15, -0.1) is 0 Å². The highest BCUT2D eigenvalue weighted by molar-refractivity contribution is 6.08. The summed E-state index contributed by atoms with van der Waals surface area (Å²) in [5.41, 5.74) is 9.73. The van der Waals surface area contributed by atoms with Gasteiger partial charge in [-0.1, -0.05) is 36.4 Å². The molecular formula is C24H29N5O. The van der Waals surface area contributed by atoms with Crippen molar-refractivity contribution in [3.05, 3.63) is 71.4 Å². The van der Waals surface area contributed by atoms with Gasteiger partial charge in [-0.3, -0.25) is 4.79 Å². The fourth-order valence-corrected chi connectivity index (χ4v) is 3.77. The zero-order valence-corrected chi connectivity index (χ0v) is 17.1. The van der Waals surface area contributed by atoms with Crippen molar-refractivity contribution >= 4 is 29.6 Å². The van der Waals surface area contributed by atoms with Gasteiger partial charge < -0.3 is 26.8 Å². The number of likely N-dealkylation sites (tertiary alicyclic amines) is 1. The number of benzene rings is 2. The number of hydrogen-bond acceptors (Lipinski definition) is 5. The number of nitrogens with one attached hydrogen (secondary N) is 3. The van der Waals surface area contributed by atoms with E-state index in [2.05, 4.69) is 5.32 Å². The summed E-state index contributed by atoms with van der Waals surface area (Å²) in [5, 5.41) is 18.6. The minimum atomic E-state index is 0.198. The summed E-state index contributed by atoms with van der Waals surface area (Å²) in [6.07, 6.45) is 6.33. The first-order chi connectivity index (χ1) is 14.6. The molecule has 2 aromatic rings. The maximum absolute atomic E-state index is 12.5. The maximum Gasteiger partial charge on any atom is 0.226 e. The number of rotatable bonds is 8. The fraction of sp³-hybridized carbons (Fsp3) is 0.292. The van der Waals surface area contributed by atoms with Crippen molar-refractivity contribution < 1.29 is 4.79 Å². The summed E-state index contributed by atoms with van der Waals surface area (Å²) < 4.78 is 0. The van der Waals surface area contributed by atoms with E-state index in [0.717, 1.165) is 54.9 Å². The highest BCUT2D eigenvalue weighted by Gasteiger charge is 2.22. The number of carbonyl (C=O) groups is 1. The van der Waals surface area contributed by atoms with E-state index in [1.54, 1.807) is 0 Å². The smallest absolute Gasteiger partial charge is 0.226 e. The Kier molecular flexibility index (Phi) is 7.38. The van der Waals surface area contributed by atoms with Crippen LogP contribution in [0.15, 0.2) is 54.7 Å². The van der Waals surface area contributed by atoms with Gasteiger partial charge in [0.25, 0.3) is 0 Å². The van der Waals surface area contributed by atoms with E-state index in [1.807, 2.05) is 53.4 Å². The van der Waals surface area contributed by atoms with Crippen molar-refractivity contribution in [3.63, 3.8) is 0 Å². The van der Waals surface area contributed by atoms with Crippen LogP contribution in [0.4, 0.5) is 5.69 Å². The minimum Gasteiger partial charge on any atom is -0.404 e. The molecule has 0 saturated carbocycles. The normalized spacial score (nSPS) is 14.9. The van der Waals surface area contributed by atoms with E-state index in [0.29, 0.717) is 17.9 Å². The van der Waals surface area contributed by atoms with Crippen LogP contribution in [0, 0.1) is 16.7 Å². The predicted octanol–water partition coefficient (Wildman–Crippen LogP) is 3.53. The summed E-state index contributed by atoms with van der Waals surface area (Å²) in [6.45, 7) is 2.39. The Balaban J connectivity index is 1.51. The van der Waals surface area contributed by atoms with Gasteiger partial charge in [-0.2, -0.15) is 0 Å². The maximum atomic E-state index is 12.5. The highest BCUT2D eigenvalue weighted by Crippen LogP contribution is 2.23. The zero-order valence-electron chi connectivity index (χ0n) is 17.1. The van der Waals surface area contributed by atoms with Gasteiger partial charge >= 0.3 is 0 Å². The van der Waals surface area contributed by atoms with Crippen molar-refractivity contribution in [2.24, 2.45) is 11.7 Å². The summed E-state index contributed by atoms with van der Waals surface area (Å²) in [4.78, 5) is 14.5. The minimum absolute atomic E-state index is 0.198. The molecule has 1 heterocycles. The molecule has 0 bridgehead atoms. The Morgan fingerprint density at radius 2 is 1.87 bits per heavy atom. The van der Waals surface area contributed by atoms with Crippen LogP contribution in [-0.4, -0.2) is 42.9 Å². The Morgan fingerprint density at radius 3 is 2.50 bits per heavy atom. The van der Waals surface area contributed by atoms with E-state index in [4.69, 9.17) is 16.6 Å². The van der Waals surface area contributed by atoms with Gasteiger partial charge in [0.15, 0.2) is 0 Å². The number of hydrogen-bond donors (Lipinski definition) is 4. The van der Waals surface area contributed by atoms with Crippen LogP contribution in [-0.2, 0) is 11.2 Å². The molecule has 156 valence electrons. The molecule has 0 aliphatic carbocycles. The third-order valence-electron chi connectivity index (χ3n) is 5.62. The van der Waals surface area contributed by atoms with Gasteiger partial charge in [-0.05, 0) is 42.0 Å². The van der Waals surface area contributed by atoms with Crippen molar-refractivity contribution in [2.45, 2.75) is 19.3 Å². The molecule has 1 aliphatic rings. The third kappa shape index (κ3) is 5.35. The van der Waals surface area contributed by atoms with Gasteiger partial charge in [0.05, 0.1) is 6.42 Å². The number of allylic oxidation sites excluding steroid dienone is 1. The SMILES string of the molecule is N=C/C(=C\N)c1ccc(NCC2CCN(C(=O)Cc3ccccc3)CC2)c(C=N)c1. The number of anilines is 1. The number of nitrogens with two attached hydrogens (primary N) is 1.